The Balaban J connectivity index is 2.26. The van der Waals surface area contributed by atoms with E-state index in [-0.39, 0.29) is 5.52 Å². The minimum Gasteiger partial charge on any atom is -0.305 e. The summed E-state index contributed by atoms with van der Waals surface area (Å²) in [5, 5.41) is 1.18. The summed E-state index contributed by atoms with van der Waals surface area (Å²) in [4.78, 5) is 13.2. The normalized spacial score (nSPS) is 13.3. The highest BCUT2D eigenvalue weighted by molar-refractivity contribution is 7.93. The van der Waals surface area contributed by atoms with Gasteiger partial charge in [0.15, 0.2) is 0 Å². The van der Waals surface area contributed by atoms with Crippen molar-refractivity contribution in [3.8, 4) is 0 Å². The van der Waals surface area contributed by atoms with Gasteiger partial charge in [0.25, 0.3) is 0 Å². The first-order valence-corrected chi connectivity index (χ1v) is 9.16. The Morgan fingerprint density at radius 1 is 0.739 bits per heavy atom. The van der Waals surface area contributed by atoms with E-state index in [9.17, 15) is 9.36 Å². The highest BCUT2D eigenvalue weighted by Crippen LogP contribution is 2.47. The molecule has 0 N–H and O–H groups in total. The average molecular weight is 320 g/mol. The molecule has 0 fully saturated rings. The van der Waals surface area contributed by atoms with Crippen molar-refractivity contribution in [2.24, 2.45) is 0 Å². The van der Waals surface area contributed by atoms with Gasteiger partial charge in [-0.15, -0.1) is 0 Å². The van der Waals surface area contributed by atoms with Crippen molar-refractivity contribution in [3.63, 3.8) is 0 Å². The van der Waals surface area contributed by atoms with Gasteiger partial charge in [-0.1, -0.05) is 84.9 Å². The van der Waals surface area contributed by atoms with E-state index < -0.39 is 7.14 Å². The van der Waals surface area contributed by atoms with Crippen molar-refractivity contribution in [3.05, 3.63) is 96.1 Å². The highest BCUT2D eigenvalue weighted by Gasteiger charge is 2.37. The molecule has 3 aromatic rings. The molecule has 0 aromatic heterocycles. The molecule has 0 spiro atoms. The van der Waals surface area contributed by atoms with Crippen molar-refractivity contribution < 1.29 is 9.36 Å². The maximum Gasteiger partial charge on any atom is 0.230 e. The van der Waals surface area contributed by atoms with Gasteiger partial charge in [0.05, 0.1) is 0 Å². The molecule has 0 aliphatic heterocycles. The second kappa shape index (κ2) is 6.36. The van der Waals surface area contributed by atoms with Crippen molar-refractivity contribution in [1.29, 1.82) is 0 Å². The Kier molecular flexibility index (Phi) is 4.27. The largest absolute Gasteiger partial charge is 0.305 e. The molecule has 1 unspecified atom stereocenters. The summed E-state index contributed by atoms with van der Waals surface area (Å²) in [5.41, 5.74) is 1.02. The van der Waals surface area contributed by atoms with Gasteiger partial charge in [0, 0.05) is 16.2 Å². The third-order valence-corrected chi connectivity index (χ3v) is 6.92. The van der Waals surface area contributed by atoms with Gasteiger partial charge in [0.2, 0.25) is 12.7 Å². The Hall–Kier alpha value is -2.44. The molecule has 0 bridgehead atoms. The van der Waals surface area contributed by atoms with Crippen molar-refractivity contribution in [1.82, 2.24) is 0 Å². The Morgan fingerprint density at radius 3 is 1.87 bits per heavy atom. The summed E-state index contributed by atoms with van der Waals surface area (Å²) in [6.45, 7) is 1.89. The third-order valence-electron chi connectivity index (χ3n) is 3.88. The number of hydrogen-bond acceptors (Lipinski definition) is 2. The molecule has 0 amide bonds. The third kappa shape index (κ3) is 2.78. The maximum atomic E-state index is 14.0. The number of carbonyl (C=O) groups is 1. The van der Waals surface area contributed by atoms with Gasteiger partial charge in [-0.2, -0.15) is 0 Å². The lowest BCUT2D eigenvalue weighted by Gasteiger charge is -2.20. The SMILES string of the molecule is Cc1ccccc1P(=O)(C(=O)c1ccccc1)c1ccccc1. The molecule has 0 saturated carbocycles. The van der Waals surface area contributed by atoms with E-state index in [2.05, 4.69) is 0 Å². The van der Waals surface area contributed by atoms with Crippen LogP contribution in [0.3, 0.4) is 0 Å². The van der Waals surface area contributed by atoms with Gasteiger partial charge in [-0.25, -0.2) is 0 Å². The fourth-order valence-electron chi connectivity index (χ4n) is 2.68. The Bertz CT molecular complexity index is 870. The lowest BCUT2D eigenvalue weighted by molar-refractivity contribution is 0.107. The van der Waals surface area contributed by atoms with E-state index in [1.54, 1.807) is 42.5 Å². The topological polar surface area (TPSA) is 34.1 Å². The lowest BCUT2D eigenvalue weighted by atomic mass is 10.2. The van der Waals surface area contributed by atoms with Crippen LogP contribution in [0.4, 0.5) is 0 Å². The highest BCUT2D eigenvalue weighted by atomic mass is 31.2. The molecule has 0 aliphatic carbocycles. The Labute approximate surface area is 136 Å². The smallest absolute Gasteiger partial charge is 0.230 e. The molecular formula is C20H17O2P. The van der Waals surface area contributed by atoms with E-state index >= 15 is 0 Å². The molecule has 3 rings (SSSR count). The molecule has 3 aromatic carbocycles. The van der Waals surface area contributed by atoms with Crippen LogP contribution >= 0.6 is 7.14 Å². The molecule has 0 heterocycles. The van der Waals surface area contributed by atoms with E-state index in [1.165, 1.54) is 0 Å². The van der Waals surface area contributed by atoms with Gasteiger partial charge >= 0.3 is 0 Å². The first-order valence-electron chi connectivity index (χ1n) is 7.46. The second-order valence-electron chi connectivity index (χ2n) is 5.40. The Morgan fingerprint density at radius 2 is 1.26 bits per heavy atom. The summed E-state index contributed by atoms with van der Waals surface area (Å²) in [7, 11) is -3.41. The van der Waals surface area contributed by atoms with Gasteiger partial charge < -0.3 is 4.57 Å². The van der Waals surface area contributed by atoms with E-state index in [0.717, 1.165) is 5.56 Å². The minimum absolute atomic E-state index is 0.321. The van der Waals surface area contributed by atoms with Crippen LogP contribution in [0, 0.1) is 6.92 Å². The molecule has 0 saturated heterocycles. The summed E-state index contributed by atoms with van der Waals surface area (Å²) in [6, 6.07) is 25.3. The number of benzene rings is 3. The van der Waals surface area contributed by atoms with E-state index in [4.69, 9.17) is 0 Å². The zero-order valence-electron chi connectivity index (χ0n) is 12.8. The lowest BCUT2D eigenvalue weighted by Crippen LogP contribution is -2.24. The van der Waals surface area contributed by atoms with Crippen LogP contribution in [0.5, 0.6) is 0 Å². The molecule has 1 atom stereocenters. The van der Waals surface area contributed by atoms with Crippen LogP contribution < -0.4 is 10.6 Å². The maximum absolute atomic E-state index is 14.0. The van der Waals surface area contributed by atoms with E-state index in [1.807, 2.05) is 49.4 Å². The first-order chi connectivity index (χ1) is 11.1. The number of carbonyl (C=O) groups excluding carboxylic acids is 1. The average Bonchev–Trinajstić information content (AvgIpc) is 2.62. The van der Waals surface area contributed by atoms with Crippen molar-refractivity contribution in [2.75, 3.05) is 0 Å². The van der Waals surface area contributed by atoms with Gasteiger partial charge in [-0.3, -0.25) is 4.79 Å². The summed E-state index contributed by atoms with van der Waals surface area (Å²) >= 11 is 0. The zero-order chi connectivity index (χ0) is 16.3. The van der Waals surface area contributed by atoms with Gasteiger partial charge in [0.1, 0.15) is 0 Å². The first kappa shape index (κ1) is 15.5. The molecule has 0 aliphatic rings. The minimum atomic E-state index is -3.41. The summed E-state index contributed by atoms with van der Waals surface area (Å²) in [6.07, 6.45) is 0. The fraction of sp³-hybridized carbons (Fsp3) is 0.0500. The molecule has 0 radical (unpaired) electrons. The van der Waals surface area contributed by atoms with Crippen LogP contribution in [0.25, 0.3) is 0 Å². The summed E-state index contributed by atoms with van der Waals surface area (Å²) in [5.74, 6) is 0. The zero-order valence-corrected chi connectivity index (χ0v) is 13.7. The second-order valence-corrected chi connectivity index (χ2v) is 8.03. The predicted molar refractivity (Wildman–Crippen MR) is 95.3 cm³/mol. The van der Waals surface area contributed by atoms with Crippen LogP contribution in [-0.4, -0.2) is 5.52 Å². The van der Waals surface area contributed by atoms with Crippen molar-refractivity contribution >= 4 is 23.3 Å². The van der Waals surface area contributed by atoms with Crippen LogP contribution in [-0.2, 0) is 4.57 Å². The molecule has 114 valence electrons. The quantitative estimate of drug-likeness (QED) is 0.677. The van der Waals surface area contributed by atoms with E-state index in [0.29, 0.717) is 16.2 Å². The molecule has 23 heavy (non-hydrogen) atoms. The monoisotopic (exact) mass is 320 g/mol. The fourth-order valence-corrected chi connectivity index (χ4v) is 5.39. The molecule has 2 nitrogen and oxygen atoms in total. The van der Waals surface area contributed by atoms with Crippen LogP contribution in [0.2, 0.25) is 0 Å². The molecule has 3 heteroatoms. The number of rotatable bonds is 4. The molecular weight excluding hydrogens is 303 g/mol. The van der Waals surface area contributed by atoms with Gasteiger partial charge in [-0.05, 0) is 12.5 Å². The standard InChI is InChI=1S/C20H17O2P/c1-16-10-8-9-15-19(16)23(22,18-13-6-3-7-14-18)20(21)17-11-4-2-5-12-17/h2-15H,1H3. The number of hydrogen-bond donors (Lipinski definition) is 0. The van der Waals surface area contributed by atoms with Crippen LogP contribution in [0.15, 0.2) is 84.9 Å². The predicted octanol–water partition coefficient (Wildman–Crippen LogP) is 4.15. The summed E-state index contributed by atoms with van der Waals surface area (Å²) < 4.78 is 14.0. The number of aryl methyl sites for hydroxylation is 1. The van der Waals surface area contributed by atoms with Crippen LogP contribution in [0.1, 0.15) is 15.9 Å². The van der Waals surface area contributed by atoms with Crippen molar-refractivity contribution in [2.45, 2.75) is 6.92 Å².